The third-order valence-corrected chi connectivity index (χ3v) is 4.80. The van der Waals surface area contributed by atoms with Crippen molar-refractivity contribution in [3.8, 4) is 0 Å². The zero-order chi connectivity index (χ0) is 23.9. The molecule has 1 heterocycles. The Kier molecular flexibility index (Phi) is 8.57. The van der Waals surface area contributed by atoms with Crippen LogP contribution in [0.15, 0.2) is 36.4 Å². The molecule has 1 aromatic rings. The van der Waals surface area contributed by atoms with Crippen molar-refractivity contribution in [3.05, 3.63) is 42.0 Å². The van der Waals surface area contributed by atoms with Gasteiger partial charge in [0.05, 0.1) is 11.8 Å². The molecule has 0 spiro atoms. The third kappa shape index (κ3) is 7.83. The number of imide groups is 1. The highest BCUT2D eigenvalue weighted by Crippen LogP contribution is 2.28. The molecule has 1 fully saturated rings. The first-order valence-corrected chi connectivity index (χ1v) is 10.8. The Morgan fingerprint density at radius 1 is 1.16 bits per heavy atom. The second-order valence-corrected chi connectivity index (χ2v) is 9.34. The Bertz CT molecular complexity index is 858. The summed E-state index contributed by atoms with van der Waals surface area (Å²) in [7, 11) is 0. The van der Waals surface area contributed by atoms with Gasteiger partial charge in [-0.05, 0) is 45.1 Å². The fraction of sp³-hybridized carbons (Fsp3) is 0.500. The van der Waals surface area contributed by atoms with E-state index >= 15 is 0 Å². The van der Waals surface area contributed by atoms with Crippen molar-refractivity contribution in [2.24, 2.45) is 17.8 Å². The quantitative estimate of drug-likeness (QED) is 0.450. The summed E-state index contributed by atoms with van der Waals surface area (Å²) in [5.41, 5.74) is 2.77. The van der Waals surface area contributed by atoms with Gasteiger partial charge in [0.2, 0.25) is 11.8 Å². The second kappa shape index (κ2) is 10.9. The molecular weight excluding hydrogens is 410 g/mol. The van der Waals surface area contributed by atoms with Crippen LogP contribution < -0.4 is 10.7 Å². The molecule has 2 atom stereocenters. The van der Waals surface area contributed by atoms with E-state index in [0.717, 1.165) is 10.6 Å². The molecule has 2 rings (SSSR count). The summed E-state index contributed by atoms with van der Waals surface area (Å²) in [6.07, 6.45) is 4.46. The summed E-state index contributed by atoms with van der Waals surface area (Å²) in [5, 5.41) is 3.05. The molecular formula is C24H33N3O5. The monoisotopic (exact) mass is 443 g/mol. The van der Waals surface area contributed by atoms with E-state index in [1.54, 1.807) is 20.8 Å². The van der Waals surface area contributed by atoms with Crippen molar-refractivity contribution < 1.29 is 23.9 Å². The van der Waals surface area contributed by atoms with E-state index in [9.17, 15) is 19.2 Å². The maximum atomic E-state index is 13.2. The van der Waals surface area contributed by atoms with Gasteiger partial charge in [-0.2, -0.15) is 0 Å². The lowest BCUT2D eigenvalue weighted by atomic mass is 9.82. The minimum absolute atomic E-state index is 0.114. The number of nitrogens with zero attached hydrogens (tertiary/aromatic N) is 1. The van der Waals surface area contributed by atoms with Crippen molar-refractivity contribution in [2.45, 2.75) is 53.1 Å². The highest BCUT2D eigenvalue weighted by Gasteiger charge is 2.38. The summed E-state index contributed by atoms with van der Waals surface area (Å²) in [6, 6.07) is 8.96. The smallest absolute Gasteiger partial charge is 0.343 e. The average Bonchev–Trinajstić information content (AvgIpc) is 2.99. The summed E-state index contributed by atoms with van der Waals surface area (Å²) >= 11 is 0. The van der Waals surface area contributed by atoms with Gasteiger partial charge in [0.25, 0.3) is 0 Å². The number of hydrazine groups is 1. The molecule has 2 N–H and O–H groups in total. The van der Waals surface area contributed by atoms with E-state index in [1.165, 1.54) is 0 Å². The highest BCUT2D eigenvalue weighted by atomic mass is 16.6. The van der Waals surface area contributed by atoms with E-state index in [4.69, 9.17) is 4.74 Å². The maximum Gasteiger partial charge on any atom is 0.343 e. The first-order valence-electron chi connectivity index (χ1n) is 10.8. The number of carbonyl (C=O) groups is 4. The van der Waals surface area contributed by atoms with Gasteiger partial charge in [0, 0.05) is 0 Å². The lowest BCUT2D eigenvalue weighted by molar-refractivity contribution is -0.164. The topological polar surface area (TPSA) is 105 Å². The van der Waals surface area contributed by atoms with Crippen LogP contribution in [0.5, 0.6) is 0 Å². The van der Waals surface area contributed by atoms with E-state index in [0.29, 0.717) is 12.8 Å². The molecule has 8 nitrogen and oxygen atoms in total. The number of rotatable bonds is 9. The molecule has 8 heteroatoms. The van der Waals surface area contributed by atoms with E-state index in [1.807, 2.05) is 56.3 Å². The van der Waals surface area contributed by atoms with Gasteiger partial charge < -0.3 is 4.74 Å². The van der Waals surface area contributed by atoms with Crippen molar-refractivity contribution in [1.82, 2.24) is 15.8 Å². The van der Waals surface area contributed by atoms with Crippen molar-refractivity contribution in [2.75, 3.05) is 6.54 Å². The predicted octanol–water partition coefficient (Wildman–Crippen LogP) is 3.29. The summed E-state index contributed by atoms with van der Waals surface area (Å²) in [6.45, 7) is 8.99. The minimum Gasteiger partial charge on any atom is -0.460 e. The summed E-state index contributed by atoms with van der Waals surface area (Å²) < 4.78 is 5.62. The van der Waals surface area contributed by atoms with E-state index < -0.39 is 41.3 Å². The molecule has 4 amide bonds. The van der Waals surface area contributed by atoms with Crippen LogP contribution >= 0.6 is 0 Å². The number of carbonyl (C=O) groups excluding carboxylic acids is 4. The van der Waals surface area contributed by atoms with Gasteiger partial charge in [-0.1, -0.05) is 56.3 Å². The van der Waals surface area contributed by atoms with Crippen LogP contribution in [0.3, 0.4) is 0 Å². The molecule has 0 bridgehead atoms. The molecule has 0 unspecified atom stereocenters. The zero-order valence-electron chi connectivity index (χ0n) is 19.4. The number of hydrogen-bond donors (Lipinski definition) is 2. The Hall–Kier alpha value is -3.16. The van der Waals surface area contributed by atoms with Crippen LogP contribution in [0.2, 0.25) is 0 Å². The predicted molar refractivity (Wildman–Crippen MR) is 121 cm³/mol. The van der Waals surface area contributed by atoms with Crippen LogP contribution in [0.25, 0.3) is 6.08 Å². The van der Waals surface area contributed by atoms with Gasteiger partial charge in [-0.25, -0.2) is 9.80 Å². The average molecular weight is 444 g/mol. The Morgan fingerprint density at radius 3 is 2.34 bits per heavy atom. The number of amides is 4. The third-order valence-electron chi connectivity index (χ3n) is 4.80. The van der Waals surface area contributed by atoms with Crippen molar-refractivity contribution >= 4 is 29.9 Å². The number of benzene rings is 1. The first-order chi connectivity index (χ1) is 15.0. The second-order valence-electron chi connectivity index (χ2n) is 9.34. The molecule has 0 aromatic heterocycles. The number of nitrogens with one attached hydrogen (secondary N) is 2. The van der Waals surface area contributed by atoms with E-state index in [2.05, 4.69) is 10.7 Å². The lowest BCUT2D eigenvalue weighted by Gasteiger charge is -2.30. The first kappa shape index (κ1) is 25.1. The van der Waals surface area contributed by atoms with Crippen LogP contribution in [0.1, 0.15) is 53.0 Å². The van der Waals surface area contributed by atoms with Gasteiger partial charge in [0.15, 0.2) is 0 Å². The molecule has 0 saturated carbocycles. The molecule has 32 heavy (non-hydrogen) atoms. The zero-order valence-corrected chi connectivity index (χ0v) is 19.4. The summed E-state index contributed by atoms with van der Waals surface area (Å²) in [5.74, 6) is -2.84. The molecule has 174 valence electrons. The fourth-order valence-electron chi connectivity index (χ4n) is 3.43. The van der Waals surface area contributed by atoms with Crippen LogP contribution in [-0.2, 0) is 19.1 Å². The summed E-state index contributed by atoms with van der Waals surface area (Å²) in [4.78, 5) is 49.6. The maximum absolute atomic E-state index is 13.2. The Labute approximate surface area is 189 Å². The normalized spacial score (nSPS) is 16.2. The number of esters is 1. The van der Waals surface area contributed by atoms with Gasteiger partial charge in [0.1, 0.15) is 12.1 Å². The Morgan fingerprint density at radius 2 is 1.81 bits per heavy atom. The largest absolute Gasteiger partial charge is 0.460 e. The van der Waals surface area contributed by atoms with Gasteiger partial charge >= 0.3 is 12.0 Å². The molecule has 0 radical (unpaired) electrons. The number of ether oxygens (including phenoxy) is 1. The standard InChI is InChI=1S/C24H33N3O5/c1-16(2)14-19(21(29)26-27-15-20(28)25-23(27)31)18(22(30)32-24(3,4)5)13-9-12-17-10-7-6-8-11-17/h6-12,16,18-19H,13-15H2,1-5H3,(H,26,29)(H,25,28,31)/b12-9+/t18-,19+/m0/s1. The van der Waals surface area contributed by atoms with Crippen molar-refractivity contribution in [1.29, 1.82) is 0 Å². The Balaban J connectivity index is 2.27. The molecule has 0 aliphatic carbocycles. The van der Waals surface area contributed by atoms with Crippen molar-refractivity contribution in [3.63, 3.8) is 0 Å². The minimum atomic E-state index is -0.752. The molecule has 1 saturated heterocycles. The highest BCUT2D eigenvalue weighted by molar-refractivity contribution is 6.02. The van der Waals surface area contributed by atoms with Gasteiger partial charge in [-0.3, -0.25) is 25.1 Å². The van der Waals surface area contributed by atoms with Crippen LogP contribution in [-0.4, -0.2) is 41.0 Å². The lowest BCUT2D eigenvalue weighted by Crippen LogP contribution is -2.49. The van der Waals surface area contributed by atoms with Gasteiger partial charge in [-0.15, -0.1) is 0 Å². The number of hydrogen-bond acceptors (Lipinski definition) is 5. The molecule has 1 aliphatic rings. The van der Waals surface area contributed by atoms with Crippen LogP contribution in [0.4, 0.5) is 4.79 Å². The molecule has 1 aromatic carbocycles. The number of allylic oxidation sites excluding steroid dienone is 1. The SMILES string of the molecule is CC(C)C[C@@H](C(=O)NN1CC(=O)NC1=O)[C@H](C/C=C/c1ccccc1)C(=O)OC(C)(C)C. The van der Waals surface area contributed by atoms with Crippen LogP contribution in [0, 0.1) is 17.8 Å². The number of urea groups is 1. The fourth-order valence-corrected chi connectivity index (χ4v) is 3.43. The van der Waals surface area contributed by atoms with E-state index in [-0.39, 0.29) is 12.5 Å². The molecule has 1 aliphatic heterocycles.